The number of thiazole rings is 1. The van der Waals surface area contributed by atoms with Gasteiger partial charge in [-0.15, -0.1) is 11.3 Å². The average Bonchev–Trinajstić information content (AvgIpc) is 2.82. The van der Waals surface area contributed by atoms with Gasteiger partial charge < -0.3 is 9.84 Å². The minimum absolute atomic E-state index is 0.0215. The van der Waals surface area contributed by atoms with E-state index in [-0.39, 0.29) is 5.69 Å². The van der Waals surface area contributed by atoms with E-state index in [1.165, 1.54) is 18.4 Å². The summed E-state index contributed by atoms with van der Waals surface area (Å²) in [5, 5.41) is 10.5. The Morgan fingerprint density at radius 1 is 1.53 bits per heavy atom. The Morgan fingerprint density at radius 3 is 2.84 bits per heavy atom. The van der Waals surface area contributed by atoms with E-state index in [9.17, 15) is 9.90 Å². The molecule has 0 saturated heterocycles. The van der Waals surface area contributed by atoms with Gasteiger partial charge in [0, 0.05) is 0 Å². The highest BCUT2D eigenvalue weighted by Crippen LogP contribution is 2.41. The zero-order valence-corrected chi connectivity index (χ0v) is 12.0. The number of hydrogen-bond donors (Lipinski definition) is 1. The van der Waals surface area contributed by atoms with E-state index in [1.807, 2.05) is 6.92 Å². The number of methoxy groups -OCH3 is 1. The van der Waals surface area contributed by atoms with E-state index in [0.29, 0.717) is 27.6 Å². The predicted molar refractivity (Wildman–Crippen MR) is 75.4 cm³/mol. The van der Waals surface area contributed by atoms with Gasteiger partial charge in [0.1, 0.15) is 5.75 Å². The number of aromatic nitrogens is 1. The third-order valence-corrected chi connectivity index (χ3v) is 4.13. The molecule has 19 heavy (non-hydrogen) atoms. The van der Waals surface area contributed by atoms with E-state index in [0.717, 1.165) is 5.01 Å². The zero-order valence-electron chi connectivity index (χ0n) is 10.4. The maximum atomic E-state index is 11.3. The molecular weight excluding hydrogens is 286 g/mol. The molecule has 0 aliphatic rings. The number of carboxylic acid groups (broad SMARTS) is 1. The van der Waals surface area contributed by atoms with Crippen molar-refractivity contribution in [3.63, 3.8) is 0 Å². The Bertz CT molecular complexity index is 624. The molecule has 1 aromatic heterocycles. The summed E-state index contributed by atoms with van der Waals surface area (Å²) in [6.07, 6.45) is 0.678. The number of aryl methyl sites for hydroxylation is 1. The Labute approximate surface area is 119 Å². The van der Waals surface area contributed by atoms with Crippen molar-refractivity contribution in [2.24, 2.45) is 0 Å². The van der Waals surface area contributed by atoms with Crippen molar-refractivity contribution in [2.75, 3.05) is 7.11 Å². The maximum Gasteiger partial charge on any atom is 0.356 e. The molecule has 100 valence electrons. The molecule has 2 aromatic rings. The number of hydrogen-bond acceptors (Lipinski definition) is 4. The predicted octanol–water partition coefficient (Wildman–Crippen LogP) is 3.73. The number of nitrogens with zero attached hydrogens (tertiary/aromatic N) is 1. The van der Waals surface area contributed by atoms with Crippen LogP contribution in [0.3, 0.4) is 0 Å². The molecule has 0 bridgehead atoms. The molecule has 0 aliphatic carbocycles. The van der Waals surface area contributed by atoms with Gasteiger partial charge in [-0.2, -0.15) is 0 Å². The van der Waals surface area contributed by atoms with Crippen LogP contribution in [0.1, 0.15) is 22.4 Å². The Balaban J connectivity index is 2.71. The highest BCUT2D eigenvalue weighted by Gasteiger charge is 2.22. The highest BCUT2D eigenvalue weighted by atomic mass is 35.5. The largest absolute Gasteiger partial charge is 0.496 e. The summed E-state index contributed by atoms with van der Waals surface area (Å²) < 4.78 is 5.26. The van der Waals surface area contributed by atoms with Crippen molar-refractivity contribution in [3.05, 3.63) is 33.9 Å². The first-order valence-electron chi connectivity index (χ1n) is 5.64. The van der Waals surface area contributed by atoms with Crippen molar-refractivity contribution in [2.45, 2.75) is 13.3 Å². The number of ether oxygens (including phenoxy) is 1. The molecule has 0 fully saturated rings. The van der Waals surface area contributed by atoms with Gasteiger partial charge in [-0.05, 0) is 18.6 Å². The molecule has 0 amide bonds. The number of carbonyl (C=O) groups is 1. The van der Waals surface area contributed by atoms with Gasteiger partial charge in [-0.3, -0.25) is 0 Å². The third kappa shape index (κ3) is 2.57. The van der Waals surface area contributed by atoms with Crippen molar-refractivity contribution < 1.29 is 14.6 Å². The minimum atomic E-state index is -1.06. The second kappa shape index (κ2) is 5.59. The molecule has 0 unspecified atom stereocenters. The SMILES string of the molecule is CCc1nc(C(=O)O)c(-c2c(Cl)cccc2OC)s1. The second-order valence-electron chi connectivity index (χ2n) is 3.76. The fourth-order valence-corrected chi connectivity index (χ4v) is 3.10. The standard InChI is InChI=1S/C13H12ClNO3S/c1-3-9-15-11(13(16)17)12(19-9)10-7(14)5-4-6-8(10)18-2/h4-6H,3H2,1-2H3,(H,16,17). The molecule has 1 N–H and O–H groups in total. The molecule has 1 aromatic carbocycles. The first-order chi connectivity index (χ1) is 9.08. The molecule has 0 saturated carbocycles. The van der Waals surface area contributed by atoms with Crippen LogP contribution in [0.25, 0.3) is 10.4 Å². The lowest BCUT2D eigenvalue weighted by Crippen LogP contribution is -2.00. The van der Waals surface area contributed by atoms with Gasteiger partial charge >= 0.3 is 5.97 Å². The summed E-state index contributed by atoms with van der Waals surface area (Å²) in [5.41, 5.74) is 0.606. The van der Waals surface area contributed by atoms with Crippen LogP contribution in [0.5, 0.6) is 5.75 Å². The summed E-state index contributed by atoms with van der Waals surface area (Å²) in [6.45, 7) is 1.93. The summed E-state index contributed by atoms with van der Waals surface area (Å²) in [7, 11) is 1.53. The third-order valence-electron chi connectivity index (χ3n) is 2.60. The number of carboxylic acids is 1. The van der Waals surface area contributed by atoms with Gasteiger partial charge in [0.15, 0.2) is 5.69 Å². The molecule has 2 rings (SSSR count). The van der Waals surface area contributed by atoms with Gasteiger partial charge in [0.2, 0.25) is 0 Å². The Hall–Kier alpha value is -1.59. The van der Waals surface area contributed by atoms with Crippen molar-refractivity contribution >= 4 is 28.9 Å². The van der Waals surface area contributed by atoms with Gasteiger partial charge in [-0.25, -0.2) is 9.78 Å². The topological polar surface area (TPSA) is 59.4 Å². The van der Waals surface area contributed by atoms with Crippen molar-refractivity contribution in [1.29, 1.82) is 0 Å². The first kappa shape index (κ1) is 13.8. The minimum Gasteiger partial charge on any atom is -0.496 e. The lowest BCUT2D eigenvalue weighted by atomic mass is 10.1. The van der Waals surface area contributed by atoms with Crippen LogP contribution in [0.4, 0.5) is 0 Å². The van der Waals surface area contributed by atoms with Gasteiger partial charge in [0.05, 0.1) is 27.6 Å². The monoisotopic (exact) mass is 297 g/mol. The molecule has 6 heteroatoms. The van der Waals surface area contributed by atoms with E-state index in [4.69, 9.17) is 16.3 Å². The Kier molecular flexibility index (Phi) is 4.07. The fourth-order valence-electron chi connectivity index (χ4n) is 1.72. The van der Waals surface area contributed by atoms with Crippen LogP contribution in [0.15, 0.2) is 18.2 Å². The van der Waals surface area contributed by atoms with E-state index < -0.39 is 5.97 Å². The van der Waals surface area contributed by atoms with Crippen molar-refractivity contribution in [1.82, 2.24) is 4.98 Å². The first-order valence-corrected chi connectivity index (χ1v) is 6.83. The van der Waals surface area contributed by atoms with Crippen LogP contribution < -0.4 is 4.74 Å². The number of aromatic carboxylic acids is 1. The summed E-state index contributed by atoms with van der Waals surface area (Å²) >= 11 is 7.51. The van der Waals surface area contributed by atoms with E-state index in [2.05, 4.69) is 4.98 Å². The van der Waals surface area contributed by atoms with Crippen LogP contribution in [0.2, 0.25) is 5.02 Å². The van der Waals surface area contributed by atoms with Crippen LogP contribution >= 0.6 is 22.9 Å². The lowest BCUT2D eigenvalue weighted by molar-refractivity contribution is 0.0692. The quantitative estimate of drug-likeness (QED) is 0.934. The summed E-state index contributed by atoms with van der Waals surface area (Å²) in [4.78, 5) is 16.0. The summed E-state index contributed by atoms with van der Waals surface area (Å²) in [6, 6.07) is 5.21. The van der Waals surface area contributed by atoms with Crippen molar-refractivity contribution in [3.8, 4) is 16.2 Å². The molecule has 0 atom stereocenters. The van der Waals surface area contributed by atoms with Gasteiger partial charge in [-0.1, -0.05) is 24.6 Å². The zero-order chi connectivity index (χ0) is 14.0. The molecule has 0 radical (unpaired) electrons. The normalized spacial score (nSPS) is 10.5. The van der Waals surface area contributed by atoms with Crippen LogP contribution in [0, 0.1) is 0 Å². The fraction of sp³-hybridized carbons (Fsp3) is 0.231. The van der Waals surface area contributed by atoms with Crippen LogP contribution in [-0.2, 0) is 6.42 Å². The molecule has 1 heterocycles. The maximum absolute atomic E-state index is 11.3. The summed E-state index contributed by atoms with van der Waals surface area (Å²) in [5.74, 6) is -0.519. The second-order valence-corrected chi connectivity index (χ2v) is 5.25. The smallest absolute Gasteiger partial charge is 0.356 e. The lowest BCUT2D eigenvalue weighted by Gasteiger charge is -2.08. The number of halogens is 1. The van der Waals surface area contributed by atoms with E-state index >= 15 is 0 Å². The molecular formula is C13H12ClNO3S. The number of rotatable bonds is 4. The molecule has 4 nitrogen and oxygen atoms in total. The molecule has 0 aliphatic heterocycles. The highest BCUT2D eigenvalue weighted by molar-refractivity contribution is 7.15. The van der Waals surface area contributed by atoms with Crippen LogP contribution in [-0.4, -0.2) is 23.2 Å². The molecule has 0 spiro atoms. The van der Waals surface area contributed by atoms with Gasteiger partial charge in [0.25, 0.3) is 0 Å². The Morgan fingerprint density at radius 2 is 2.26 bits per heavy atom. The number of benzene rings is 1. The average molecular weight is 298 g/mol. The van der Waals surface area contributed by atoms with E-state index in [1.54, 1.807) is 18.2 Å².